The van der Waals surface area contributed by atoms with E-state index in [1.807, 2.05) is 0 Å². The molecule has 1 fully saturated rings. The summed E-state index contributed by atoms with van der Waals surface area (Å²) in [7, 11) is 0. The highest BCUT2D eigenvalue weighted by Gasteiger charge is 2.21. The van der Waals surface area contributed by atoms with Crippen LogP contribution in [0.3, 0.4) is 0 Å². The molecule has 2 nitrogen and oxygen atoms in total. The van der Waals surface area contributed by atoms with Gasteiger partial charge in [-0.3, -0.25) is 0 Å². The SMILES string of the molecule is [2H]C([2H])([2H])C1(O)CCNCC1. The summed E-state index contributed by atoms with van der Waals surface area (Å²) in [6.07, 6.45) is 0.646. The van der Waals surface area contributed by atoms with E-state index in [9.17, 15) is 5.11 Å². The van der Waals surface area contributed by atoms with Crippen LogP contribution in [0.15, 0.2) is 0 Å². The largest absolute Gasteiger partial charge is 0.390 e. The lowest BCUT2D eigenvalue weighted by molar-refractivity contribution is 0.0291. The molecule has 1 saturated heterocycles. The molecule has 1 heterocycles. The van der Waals surface area contributed by atoms with E-state index in [1.165, 1.54) is 0 Å². The molecular formula is C6H13NO. The predicted octanol–water partition coefficient (Wildman–Crippen LogP) is 0.121. The highest BCUT2D eigenvalue weighted by atomic mass is 16.3. The first kappa shape index (κ1) is 3.18. The number of aliphatic hydroxyl groups is 1. The molecule has 0 aromatic rings. The topological polar surface area (TPSA) is 32.3 Å². The number of hydrogen-bond acceptors (Lipinski definition) is 2. The Morgan fingerprint density at radius 1 is 1.62 bits per heavy atom. The van der Waals surface area contributed by atoms with Crippen LogP contribution in [0.1, 0.15) is 23.8 Å². The van der Waals surface area contributed by atoms with Crippen LogP contribution >= 0.6 is 0 Å². The third-order valence-electron chi connectivity index (χ3n) is 1.43. The molecule has 0 aromatic heterocycles. The predicted molar refractivity (Wildman–Crippen MR) is 32.7 cm³/mol. The Bertz CT molecular complexity index is 139. The van der Waals surface area contributed by atoms with Crippen LogP contribution in [0, 0.1) is 0 Å². The fourth-order valence-electron chi connectivity index (χ4n) is 0.840. The van der Waals surface area contributed by atoms with Crippen LogP contribution < -0.4 is 5.32 Å². The second-order valence-electron chi connectivity index (χ2n) is 2.28. The molecule has 2 N–H and O–H groups in total. The molecular weight excluding hydrogens is 102 g/mol. The highest BCUT2D eigenvalue weighted by Crippen LogP contribution is 2.15. The van der Waals surface area contributed by atoms with Gasteiger partial charge in [0.15, 0.2) is 0 Å². The summed E-state index contributed by atoms with van der Waals surface area (Å²) in [4.78, 5) is 0. The summed E-state index contributed by atoms with van der Waals surface area (Å²) in [5.41, 5.74) is -1.45. The van der Waals surface area contributed by atoms with Crippen molar-refractivity contribution in [1.82, 2.24) is 5.32 Å². The minimum absolute atomic E-state index is 0.323. The summed E-state index contributed by atoms with van der Waals surface area (Å²) < 4.78 is 21.2. The molecule has 48 valence electrons. The Morgan fingerprint density at radius 3 is 2.62 bits per heavy atom. The van der Waals surface area contributed by atoms with E-state index in [1.54, 1.807) is 0 Å². The molecule has 2 heteroatoms. The first-order valence-electron chi connectivity index (χ1n) is 4.39. The lowest BCUT2D eigenvalue weighted by Gasteiger charge is -2.27. The van der Waals surface area contributed by atoms with E-state index in [4.69, 9.17) is 4.11 Å². The van der Waals surface area contributed by atoms with Gasteiger partial charge in [0.25, 0.3) is 0 Å². The van der Waals surface area contributed by atoms with Crippen molar-refractivity contribution >= 4 is 0 Å². The Kier molecular flexibility index (Phi) is 0.809. The van der Waals surface area contributed by atoms with Gasteiger partial charge in [-0.15, -0.1) is 0 Å². The van der Waals surface area contributed by atoms with Crippen LogP contribution in [-0.2, 0) is 0 Å². The second-order valence-corrected chi connectivity index (χ2v) is 2.28. The van der Waals surface area contributed by atoms with Gasteiger partial charge in [0.2, 0.25) is 0 Å². The third kappa shape index (κ3) is 1.46. The van der Waals surface area contributed by atoms with E-state index < -0.39 is 12.5 Å². The van der Waals surface area contributed by atoms with Crippen molar-refractivity contribution < 1.29 is 9.22 Å². The monoisotopic (exact) mass is 118 g/mol. The Hall–Kier alpha value is -0.0800. The smallest absolute Gasteiger partial charge is 0.0644 e. The van der Waals surface area contributed by atoms with Gasteiger partial charge >= 0.3 is 0 Å². The molecule has 0 unspecified atom stereocenters. The van der Waals surface area contributed by atoms with Crippen molar-refractivity contribution in [1.29, 1.82) is 0 Å². The molecule has 0 radical (unpaired) electrons. The van der Waals surface area contributed by atoms with E-state index >= 15 is 0 Å². The molecule has 8 heavy (non-hydrogen) atoms. The zero-order valence-electron chi connectivity index (χ0n) is 7.78. The molecule has 1 aliphatic rings. The van der Waals surface area contributed by atoms with E-state index in [0.29, 0.717) is 25.9 Å². The van der Waals surface area contributed by atoms with Gasteiger partial charge in [-0.2, -0.15) is 0 Å². The van der Waals surface area contributed by atoms with Gasteiger partial charge in [0.05, 0.1) is 5.60 Å². The Morgan fingerprint density at radius 2 is 2.25 bits per heavy atom. The standard InChI is InChI=1S/C6H13NO/c1-6(8)2-4-7-5-3-6/h7-8H,2-5H2,1H3/i1D3. The average Bonchev–Trinajstić information content (AvgIpc) is 1.87. The molecule has 0 aliphatic carbocycles. The number of nitrogens with one attached hydrogen (secondary N) is 1. The second kappa shape index (κ2) is 2.03. The van der Waals surface area contributed by atoms with E-state index in [0.717, 1.165) is 0 Å². The summed E-state index contributed by atoms with van der Waals surface area (Å²) in [5.74, 6) is 0. The quantitative estimate of drug-likeness (QED) is 0.473. The molecule has 1 aliphatic heterocycles. The maximum atomic E-state index is 9.61. The summed E-state index contributed by atoms with van der Waals surface area (Å²) in [6, 6.07) is 0. The Balaban J connectivity index is 2.64. The van der Waals surface area contributed by atoms with Crippen molar-refractivity contribution in [2.45, 2.75) is 25.3 Å². The van der Waals surface area contributed by atoms with Crippen LogP contribution in [0.2, 0.25) is 0 Å². The number of hydrogen-bond donors (Lipinski definition) is 2. The van der Waals surface area contributed by atoms with Gasteiger partial charge in [-0.1, -0.05) is 0 Å². The fraction of sp³-hybridized carbons (Fsp3) is 1.00. The minimum atomic E-state index is -2.23. The molecule has 0 spiro atoms. The molecule has 0 atom stereocenters. The molecule has 0 saturated carbocycles. The van der Waals surface area contributed by atoms with Gasteiger partial charge in [-0.05, 0) is 32.8 Å². The van der Waals surface area contributed by atoms with Gasteiger partial charge in [-0.25, -0.2) is 0 Å². The fourth-order valence-corrected chi connectivity index (χ4v) is 0.840. The van der Waals surface area contributed by atoms with Gasteiger partial charge in [0.1, 0.15) is 0 Å². The first-order chi connectivity index (χ1) is 4.96. The third-order valence-corrected chi connectivity index (χ3v) is 1.43. The molecule has 0 amide bonds. The normalized spacial score (nSPS) is 34.9. The minimum Gasteiger partial charge on any atom is -0.390 e. The van der Waals surface area contributed by atoms with Crippen molar-refractivity contribution in [3.8, 4) is 0 Å². The molecule has 0 bridgehead atoms. The zero-order valence-corrected chi connectivity index (χ0v) is 4.78. The van der Waals surface area contributed by atoms with Gasteiger partial charge < -0.3 is 10.4 Å². The summed E-state index contributed by atoms with van der Waals surface area (Å²) in [6.45, 7) is -1.04. The lowest BCUT2D eigenvalue weighted by atomic mass is 9.95. The van der Waals surface area contributed by atoms with Crippen molar-refractivity contribution in [3.05, 3.63) is 0 Å². The van der Waals surface area contributed by atoms with Crippen molar-refractivity contribution in [2.75, 3.05) is 13.1 Å². The maximum Gasteiger partial charge on any atom is 0.0644 e. The molecule has 0 aromatic carbocycles. The summed E-state index contributed by atoms with van der Waals surface area (Å²) >= 11 is 0. The Labute approximate surface area is 54.1 Å². The van der Waals surface area contributed by atoms with Crippen molar-refractivity contribution in [2.24, 2.45) is 0 Å². The van der Waals surface area contributed by atoms with E-state index in [2.05, 4.69) is 5.32 Å². The maximum absolute atomic E-state index is 9.61. The van der Waals surface area contributed by atoms with E-state index in [-0.39, 0.29) is 0 Å². The summed E-state index contributed by atoms with van der Waals surface area (Å²) in [5, 5.41) is 12.6. The van der Waals surface area contributed by atoms with Gasteiger partial charge in [0, 0.05) is 4.11 Å². The lowest BCUT2D eigenvalue weighted by Crippen LogP contribution is -2.39. The van der Waals surface area contributed by atoms with Crippen LogP contribution in [0.4, 0.5) is 0 Å². The number of piperidine rings is 1. The van der Waals surface area contributed by atoms with Crippen molar-refractivity contribution in [3.63, 3.8) is 0 Å². The molecule has 1 rings (SSSR count). The highest BCUT2D eigenvalue weighted by molar-refractivity contribution is 4.78. The van der Waals surface area contributed by atoms with Crippen LogP contribution in [0.25, 0.3) is 0 Å². The van der Waals surface area contributed by atoms with Crippen LogP contribution in [0.5, 0.6) is 0 Å². The first-order valence-corrected chi connectivity index (χ1v) is 2.89. The average molecular weight is 118 g/mol. The van der Waals surface area contributed by atoms with Crippen LogP contribution in [-0.4, -0.2) is 23.8 Å². The number of rotatable bonds is 0. The zero-order chi connectivity index (χ0) is 8.54.